The fraction of sp³-hybridized carbons (Fsp3) is 0.600. The Hall–Kier alpha value is -2.87. The zero-order valence-corrected chi connectivity index (χ0v) is 20.5. The number of carbonyl (C=O) groups is 2. The van der Waals surface area contributed by atoms with Crippen LogP contribution in [-0.2, 0) is 35.2 Å². The molecule has 1 aliphatic rings. The van der Waals surface area contributed by atoms with Gasteiger partial charge in [-0.3, -0.25) is 4.84 Å². The summed E-state index contributed by atoms with van der Waals surface area (Å²) in [6.07, 6.45) is 1.36. The highest BCUT2D eigenvalue weighted by Gasteiger charge is 2.27. The molecule has 1 amide bonds. The van der Waals surface area contributed by atoms with Crippen molar-refractivity contribution in [2.45, 2.75) is 65.2 Å². The molecule has 34 heavy (non-hydrogen) atoms. The van der Waals surface area contributed by atoms with E-state index in [9.17, 15) is 14.4 Å². The molecule has 9 nitrogen and oxygen atoms in total. The summed E-state index contributed by atoms with van der Waals surface area (Å²) in [5, 5.41) is 4.13. The van der Waals surface area contributed by atoms with Crippen molar-refractivity contribution < 1.29 is 33.4 Å². The van der Waals surface area contributed by atoms with E-state index in [-0.39, 0.29) is 19.1 Å². The summed E-state index contributed by atoms with van der Waals surface area (Å²) in [5.41, 5.74) is 0.829. The van der Waals surface area contributed by atoms with Gasteiger partial charge in [-0.1, -0.05) is 30.3 Å². The van der Waals surface area contributed by atoms with Crippen molar-refractivity contribution in [2.24, 2.45) is 5.92 Å². The fourth-order valence-corrected chi connectivity index (χ4v) is 3.43. The van der Waals surface area contributed by atoms with Crippen molar-refractivity contribution in [1.29, 1.82) is 0 Å². The van der Waals surface area contributed by atoms with Crippen LogP contribution in [0.1, 0.15) is 52.5 Å². The maximum absolute atomic E-state index is 12.2. The Morgan fingerprint density at radius 2 is 1.97 bits per heavy atom. The van der Waals surface area contributed by atoms with Crippen LogP contribution in [0.3, 0.4) is 0 Å². The number of rotatable bonds is 11. The third-order valence-electron chi connectivity index (χ3n) is 5.09. The Balaban J connectivity index is 1.77. The van der Waals surface area contributed by atoms with Gasteiger partial charge in [-0.2, -0.15) is 0 Å². The summed E-state index contributed by atoms with van der Waals surface area (Å²) in [7, 11) is 0. The second kappa shape index (κ2) is 13.7. The molecular formula is C25H36N2O7. The number of alkyl carbamates (subject to hydrolysis) is 1. The van der Waals surface area contributed by atoms with Crippen molar-refractivity contribution in [3.05, 3.63) is 41.6 Å². The van der Waals surface area contributed by atoms with Gasteiger partial charge < -0.3 is 19.5 Å². The summed E-state index contributed by atoms with van der Waals surface area (Å²) in [5.74, 6) is 1.65. The molecule has 0 radical (unpaired) electrons. The number of allylic oxidation sites excluding steroid dienone is 1. The Morgan fingerprint density at radius 1 is 1.24 bits per heavy atom. The number of ether oxygens (including phenoxy) is 3. The first-order valence-corrected chi connectivity index (χ1v) is 11.6. The summed E-state index contributed by atoms with van der Waals surface area (Å²) < 4.78 is 15.9. The summed E-state index contributed by atoms with van der Waals surface area (Å²) >= 11 is 0. The van der Waals surface area contributed by atoms with Gasteiger partial charge in [0.1, 0.15) is 17.2 Å². The van der Waals surface area contributed by atoms with Crippen molar-refractivity contribution in [1.82, 2.24) is 10.4 Å². The lowest BCUT2D eigenvalue weighted by molar-refractivity contribution is -0.155. The smallest absolute Gasteiger partial charge is 0.408 e. The van der Waals surface area contributed by atoms with Crippen LogP contribution >= 0.6 is 0 Å². The van der Waals surface area contributed by atoms with E-state index >= 15 is 0 Å². The van der Waals surface area contributed by atoms with Gasteiger partial charge in [-0.05, 0) is 52.0 Å². The highest BCUT2D eigenvalue weighted by Crippen LogP contribution is 2.27. The first-order valence-electron chi connectivity index (χ1n) is 11.6. The molecule has 1 saturated heterocycles. The average molecular weight is 477 g/mol. The molecule has 0 spiro atoms. The minimum Gasteiger partial charge on any atom is -0.464 e. The number of nitrogens with one attached hydrogen (secondary N) is 1. The molecule has 0 aliphatic carbocycles. The van der Waals surface area contributed by atoms with Crippen molar-refractivity contribution in [3.63, 3.8) is 0 Å². The van der Waals surface area contributed by atoms with E-state index in [1.54, 1.807) is 32.8 Å². The summed E-state index contributed by atoms with van der Waals surface area (Å²) in [6, 6.07) is 8.80. The molecule has 1 heterocycles. The number of hydrogen-bond acceptors (Lipinski definition) is 8. The largest absolute Gasteiger partial charge is 0.464 e. The maximum Gasteiger partial charge on any atom is 0.408 e. The first-order chi connectivity index (χ1) is 16.2. The minimum atomic E-state index is -0.964. The Kier molecular flexibility index (Phi) is 11.1. The lowest BCUT2D eigenvalue weighted by atomic mass is 9.93. The van der Waals surface area contributed by atoms with Crippen LogP contribution in [-0.4, -0.2) is 61.1 Å². The molecule has 1 N–H and O–H groups in total. The van der Waals surface area contributed by atoms with Crippen LogP contribution in [0.4, 0.5) is 4.79 Å². The fourth-order valence-electron chi connectivity index (χ4n) is 3.43. The van der Waals surface area contributed by atoms with E-state index in [1.165, 1.54) is 0 Å². The topological polar surface area (TPSA) is 103 Å². The van der Waals surface area contributed by atoms with Crippen LogP contribution in [0.25, 0.3) is 0 Å². The predicted octanol–water partition coefficient (Wildman–Crippen LogP) is 3.41. The number of piperidine rings is 1. The van der Waals surface area contributed by atoms with Crippen LogP contribution in [0, 0.1) is 5.92 Å². The standard InChI is InChI=1S/C25H36N2O7/c1-5-32-23(29)22(26-24(30)34-25(2,3)4)18-31-14-12-19-11-13-27(21(15-19)16-28)33-17-20-9-7-6-8-10-20/h6-10,19,22H,5,11-15,17-18H2,1-4H3,(H,26,30)/t19?,22-/m0/s1. The molecule has 9 heteroatoms. The van der Waals surface area contributed by atoms with Crippen molar-refractivity contribution >= 4 is 18.0 Å². The second-order valence-corrected chi connectivity index (χ2v) is 9.08. The number of amides is 1. The quantitative estimate of drug-likeness (QED) is 0.294. The molecule has 1 unspecified atom stereocenters. The molecule has 0 saturated carbocycles. The molecule has 2 rings (SSSR count). The summed E-state index contributed by atoms with van der Waals surface area (Å²) in [6.45, 7) is 8.41. The van der Waals surface area contributed by atoms with Gasteiger partial charge in [0.15, 0.2) is 6.04 Å². The highest BCUT2D eigenvalue weighted by molar-refractivity contribution is 5.81. The van der Waals surface area contributed by atoms with Gasteiger partial charge in [-0.15, -0.1) is 0 Å². The number of hydroxylamine groups is 2. The SMILES string of the molecule is CCOC(=O)[C@H](COCCC1CCN(OCc2ccccc2)C(=C=O)C1)NC(=O)OC(C)(C)C. The molecule has 1 aromatic rings. The molecule has 188 valence electrons. The van der Waals surface area contributed by atoms with Crippen LogP contribution in [0.15, 0.2) is 36.0 Å². The van der Waals surface area contributed by atoms with E-state index in [1.807, 2.05) is 36.3 Å². The Morgan fingerprint density at radius 3 is 2.62 bits per heavy atom. The number of carbonyl (C=O) groups excluding carboxylic acids is 3. The third kappa shape index (κ3) is 9.95. The van der Waals surface area contributed by atoms with Gasteiger partial charge >= 0.3 is 12.1 Å². The molecule has 2 atom stereocenters. The van der Waals surface area contributed by atoms with Crippen LogP contribution < -0.4 is 5.32 Å². The zero-order chi connectivity index (χ0) is 25.0. The monoisotopic (exact) mass is 476 g/mol. The lowest BCUT2D eigenvalue weighted by Gasteiger charge is -2.32. The van der Waals surface area contributed by atoms with E-state index < -0.39 is 23.7 Å². The van der Waals surface area contributed by atoms with Gasteiger partial charge in [0.05, 0.1) is 19.8 Å². The maximum atomic E-state index is 12.2. The number of esters is 1. The molecule has 0 aromatic heterocycles. The third-order valence-corrected chi connectivity index (χ3v) is 5.09. The highest BCUT2D eigenvalue weighted by atomic mass is 16.7. The molecular weight excluding hydrogens is 440 g/mol. The number of benzene rings is 1. The van der Waals surface area contributed by atoms with E-state index in [4.69, 9.17) is 19.0 Å². The van der Waals surface area contributed by atoms with Crippen molar-refractivity contribution in [3.8, 4) is 0 Å². The Labute approximate surface area is 201 Å². The van der Waals surface area contributed by atoms with Crippen molar-refractivity contribution in [2.75, 3.05) is 26.4 Å². The number of hydrogen-bond donors (Lipinski definition) is 1. The van der Waals surface area contributed by atoms with Gasteiger partial charge in [0.2, 0.25) is 0 Å². The number of nitrogens with zero attached hydrogens (tertiary/aromatic N) is 1. The molecule has 1 aromatic carbocycles. The molecule has 1 fully saturated rings. The zero-order valence-electron chi connectivity index (χ0n) is 20.5. The molecule has 1 aliphatic heterocycles. The summed E-state index contributed by atoms with van der Waals surface area (Å²) in [4.78, 5) is 41.5. The van der Waals surface area contributed by atoms with Gasteiger partial charge in [0.25, 0.3) is 0 Å². The predicted molar refractivity (Wildman–Crippen MR) is 125 cm³/mol. The van der Waals surface area contributed by atoms with Crippen LogP contribution in [0.5, 0.6) is 0 Å². The van der Waals surface area contributed by atoms with E-state index in [0.717, 1.165) is 12.0 Å². The van der Waals surface area contributed by atoms with E-state index in [2.05, 4.69) is 5.32 Å². The second-order valence-electron chi connectivity index (χ2n) is 9.08. The minimum absolute atomic E-state index is 0.0342. The van der Waals surface area contributed by atoms with E-state index in [0.29, 0.717) is 38.3 Å². The Bertz CT molecular complexity index is 831. The van der Waals surface area contributed by atoms with Gasteiger partial charge in [-0.25, -0.2) is 19.4 Å². The average Bonchev–Trinajstić information content (AvgIpc) is 2.79. The molecule has 0 bridgehead atoms. The van der Waals surface area contributed by atoms with Gasteiger partial charge in [0, 0.05) is 19.6 Å². The first kappa shape index (κ1) is 27.4. The normalized spacial score (nSPS) is 17.0. The van der Waals surface area contributed by atoms with Crippen LogP contribution in [0.2, 0.25) is 0 Å². The lowest BCUT2D eigenvalue weighted by Crippen LogP contribution is -2.47.